The molecule has 5 nitrogen and oxygen atoms in total. The zero-order valence-corrected chi connectivity index (χ0v) is 16.5. The minimum atomic E-state index is -3.46. The smallest absolute Gasteiger partial charge is 0.276 e. The molecular formula is C21H28N2O3S. The Kier molecular flexibility index (Phi) is 5.66. The number of hydrogen-bond acceptors (Lipinski definition) is 4. The van der Waals surface area contributed by atoms with Gasteiger partial charge < -0.3 is 4.42 Å². The van der Waals surface area contributed by atoms with Crippen LogP contribution in [0.15, 0.2) is 52.0 Å². The predicted molar refractivity (Wildman–Crippen MR) is 105 cm³/mol. The average molecular weight is 389 g/mol. The summed E-state index contributed by atoms with van der Waals surface area (Å²) in [5, 5.41) is 0.0967. The van der Waals surface area contributed by atoms with E-state index in [9.17, 15) is 8.42 Å². The molecule has 6 heteroatoms. The number of benzene rings is 1. The first kappa shape index (κ1) is 18.7. The molecule has 1 unspecified atom stereocenters. The molecule has 3 heterocycles. The molecule has 1 atom stereocenters. The topological polar surface area (TPSA) is 53.8 Å². The van der Waals surface area contributed by atoms with Crippen LogP contribution in [0, 0.1) is 0 Å². The molecule has 0 amide bonds. The van der Waals surface area contributed by atoms with E-state index in [-0.39, 0.29) is 5.09 Å². The van der Waals surface area contributed by atoms with Crippen molar-refractivity contribution in [3.63, 3.8) is 0 Å². The molecule has 27 heavy (non-hydrogen) atoms. The minimum absolute atomic E-state index is 0.0967. The maximum absolute atomic E-state index is 12.6. The summed E-state index contributed by atoms with van der Waals surface area (Å²) in [4.78, 5) is 2.44. The van der Waals surface area contributed by atoms with E-state index in [0.717, 1.165) is 38.0 Å². The van der Waals surface area contributed by atoms with Crippen LogP contribution in [0.1, 0.15) is 43.4 Å². The number of rotatable bonds is 7. The number of nitrogens with zero attached hydrogens (tertiary/aromatic N) is 2. The Hall–Kier alpha value is -1.63. The molecule has 0 bridgehead atoms. The molecule has 146 valence electrons. The van der Waals surface area contributed by atoms with Crippen LogP contribution in [0.25, 0.3) is 0 Å². The maximum Gasteiger partial charge on any atom is 0.276 e. The third-order valence-electron chi connectivity index (χ3n) is 5.76. The van der Waals surface area contributed by atoms with Gasteiger partial charge in [0.1, 0.15) is 5.76 Å². The fourth-order valence-corrected chi connectivity index (χ4v) is 5.69. The third-order valence-corrected chi connectivity index (χ3v) is 7.54. The zero-order chi connectivity index (χ0) is 18.7. The normalized spacial score (nSPS) is 21.9. The monoisotopic (exact) mass is 388 g/mol. The van der Waals surface area contributed by atoms with Crippen molar-refractivity contribution < 1.29 is 12.8 Å². The molecule has 0 aliphatic carbocycles. The van der Waals surface area contributed by atoms with Crippen molar-refractivity contribution in [3.05, 3.63) is 53.8 Å². The molecular weight excluding hydrogens is 360 g/mol. The number of aryl methyl sites for hydroxylation is 1. The number of hydrogen-bond donors (Lipinski definition) is 0. The van der Waals surface area contributed by atoms with Gasteiger partial charge in [-0.25, -0.2) is 8.42 Å². The summed E-state index contributed by atoms with van der Waals surface area (Å²) in [7, 11) is -3.46. The summed E-state index contributed by atoms with van der Waals surface area (Å²) in [6, 6.07) is 14.6. The van der Waals surface area contributed by atoms with Gasteiger partial charge in [0, 0.05) is 19.1 Å². The first-order valence-electron chi connectivity index (χ1n) is 10.00. The Balaban J connectivity index is 1.37. The van der Waals surface area contributed by atoms with E-state index in [2.05, 4.69) is 35.2 Å². The summed E-state index contributed by atoms with van der Waals surface area (Å²) in [6.07, 6.45) is 6.47. The zero-order valence-electron chi connectivity index (χ0n) is 15.7. The van der Waals surface area contributed by atoms with E-state index >= 15 is 0 Å². The highest BCUT2D eigenvalue weighted by molar-refractivity contribution is 7.89. The van der Waals surface area contributed by atoms with Gasteiger partial charge in [0.15, 0.2) is 0 Å². The summed E-state index contributed by atoms with van der Waals surface area (Å²) >= 11 is 0. The summed E-state index contributed by atoms with van der Waals surface area (Å²) in [6.45, 7) is 2.95. The van der Waals surface area contributed by atoms with Gasteiger partial charge in [0.05, 0.1) is 6.54 Å². The number of furan rings is 1. The summed E-state index contributed by atoms with van der Waals surface area (Å²) in [5.74, 6) is 0.749. The maximum atomic E-state index is 12.6. The van der Waals surface area contributed by atoms with E-state index in [0.29, 0.717) is 25.7 Å². The van der Waals surface area contributed by atoms with Crippen LogP contribution >= 0.6 is 0 Å². The lowest BCUT2D eigenvalue weighted by Gasteiger charge is -2.23. The molecule has 0 radical (unpaired) electrons. The quantitative estimate of drug-likeness (QED) is 0.726. The first-order valence-corrected chi connectivity index (χ1v) is 11.4. The van der Waals surface area contributed by atoms with E-state index < -0.39 is 10.0 Å². The van der Waals surface area contributed by atoms with Gasteiger partial charge in [-0.2, -0.15) is 4.31 Å². The fraction of sp³-hybridized carbons (Fsp3) is 0.524. The van der Waals surface area contributed by atoms with Gasteiger partial charge in [-0.15, -0.1) is 0 Å². The fourth-order valence-electron chi connectivity index (χ4n) is 4.25. The van der Waals surface area contributed by atoms with Crippen LogP contribution in [0.3, 0.4) is 0 Å². The van der Waals surface area contributed by atoms with Crippen LogP contribution < -0.4 is 0 Å². The van der Waals surface area contributed by atoms with Crippen LogP contribution in [0.2, 0.25) is 0 Å². The van der Waals surface area contributed by atoms with E-state index in [1.165, 1.54) is 22.7 Å². The molecule has 2 fully saturated rings. The third kappa shape index (κ3) is 4.28. The Morgan fingerprint density at radius 3 is 2.52 bits per heavy atom. The van der Waals surface area contributed by atoms with Crippen molar-refractivity contribution in [1.29, 1.82) is 0 Å². The highest BCUT2D eigenvalue weighted by Crippen LogP contribution is 2.27. The van der Waals surface area contributed by atoms with Crippen molar-refractivity contribution in [2.24, 2.45) is 0 Å². The Morgan fingerprint density at radius 1 is 0.963 bits per heavy atom. The molecule has 2 saturated heterocycles. The molecule has 0 saturated carbocycles. The van der Waals surface area contributed by atoms with Crippen LogP contribution in [0.5, 0.6) is 0 Å². The number of likely N-dealkylation sites (tertiary alicyclic amines) is 1. The second kappa shape index (κ2) is 8.17. The highest BCUT2D eigenvalue weighted by Gasteiger charge is 2.31. The van der Waals surface area contributed by atoms with E-state index in [1.54, 1.807) is 6.07 Å². The van der Waals surface area contributed by atoms with Gasteiger partial charge >= 0.3 is 0 Å². The lowest BCUT2D eigenvalue weighted by molar-refractivity contribution is 0.210. The summed E-state index contributed by atoms with van der Waals surface area (Å²) < 4.78 is 32.6. The molecule has 2 aromatic rings. The molecule has 4 rings (SSSR count). The van der Waals surface area contributed by atoms with Crippen molar-refractivity contribution in [1.82, 2.24) is 9.21 Å². The second-order valence-electron chi connectivity index (χ2n) is 7.62. The van der Waals surface area contributed by atoms with Gasteiger partial charge in [0.2, 0.25) is 5.09 Å². The Bertz CT molecular complexity index is 841. The van der Waals surface area contributed by atoms with E-state index in [4.69, 9.17) is 4.42 Å². The molecule has 2 aliphatic heterocycles. The Morgan fingerprint density at radius 2 is 1.74 bits per heavy atom. The van der Waals surface area contributed by atoms with Gasteiger partial charge in [-0.3, -0.25) is 4.90 Å². The summed E-state index contributed by atoms with van der Waals surface area (Å²) in [5.41, 5.74) is 1.38. The molecule has 2 aliphatic rings. The largest absolute Gasteiger partial charge is 0.447 e. The van der Waals surface area contributed by atoms with Gasteiger partial charge in [-0.1, -0.05) is 30.3 Å². The molecule has 0 spiro atoms. The van der Waals surface area contributed by atoms with Crippen molar-refractivity contribution in [3.8, 4) is 0 Å². The van der Waals surface area contributed by atoms with Crippen LogP contribution in [-0.4, -0.2) is 43.3 Å². The Labute approximate surface area is 162 Å². The van der Waals surface area contributed by atoms with Crippen LogP contribution in [0.4, 0.5) is 0 Å². The average Bonchev–Trinajstić information content (AvgIpc) is 3.43. The SMILES string of the molecule is O=S(=O)(c1ccc(CN2CCCC2CCc2ccccc2)o1)N1CCCC1. The number of sulfonamides is 1. The first-order chi connectivity index (χ1) is 13.1. The van der Waals surface area contributed by atoms with Crippen LogP contribution in [-0.2, 0) is 23.0 Å². The minimum Gasteiger partial charge on any atom is -0.447 e. The predicted octanol–water partition coefficient (Wildman–Crippen LogP) is 3.66. The standard InChI is InChI=1S/C21H28N2O3S/c24-27(25,23-15-4-5-16-23)21-13-12-20(26-21)17-22-14-6-9-19(22)11-10-18-7-2-1-3-8-18/h1-3,7-8,12-13,19H,4-6,9-11,14-17H2. The molecule has 1 aromatic carbocycles. The van der Waals surface area contributed by atoms with Gasteiger partial charge in [0.25, 0.3) is 10.0 Å². The van der Waals surface area contributed by atoms with E-state index in [1.807, 2.05) is 6.07 Å². The van der Waals surface area contributed by atoms with Crippen molar-refractivity contribution >= 4 is 10.0 Å². The highest BCUT2D eigenvalue weighted by atomic mass is 32.2. The lowest BCUT2D eigenvalue weighted by Crippen LogP contribution is -2.29. The van der Waals surface area contributed by atoms with Gasteiger partial charge in [-0.05, 0) is 62.8 Å². The molecule has 0 N–H and O–H groups in total. The lowest BCUT2D eigenvalue weighted by atomic mass is 10.0. The van der Waals surface area contributed by atoms with Crippen molar-refractivity contribution in [2.75, 3.05) is 19.6 Å². The molecule has 1 aromatic heterocycles. The van der Waals surface area contributed by atoms with Crippen molar-refractivity contribution in [2.45, 2.75) is 56.2 Å². The second-order valence-corrected chi connectivity index (χ2v) is 9.49.